The highest BCUT2D eigenvalue weighted by Gasteiger charge is 2.12. The number of fused-ring (bicyclic) bond motifs is 1. The summed E-state index contributed by atoms with van der Waals surface area (Å²) in [5, 5.41) is 10.8. The first-order chi connectivity index (χ1) is 7.20. The third-order valence-corrected chi connectivity index (χ3v) is 2.88. The first-order valence-electron chi connectivity index (χ1n) is 5.07. The van der Waals surface area contributed by atoms with Gasteiger partial charge in [-0.2, -0.15) is 0 Å². The van der Waals surface area contributed by atoms with Crippen molar-refractivity contribution in [3.05, 3.63) is 34.5 Å². The van der Waals surface area contributed by atoms with E-state index in [2.05, 4.69) is 15.9 Å². The lowest BCUT2D eigenvalue weighted by Crippen LogP contribution is -1.93. The van der Waals surface area contributed by atoms with E-state index in [0.717, 1.165) is 28.3 Å². The molecule has 2 rings (SSSR count). The number of furan rings is 1. The topological polar surface area (TPSA) is 33.4 Å². The van der Waals surface area contributed by atoms with Gasteiger partial charge in [0.1, 0.15) is 17.4 Å². The molecule has 1 unspecified atom stereocenters. The fourth-order valence-electron chi connectivity index (χ4n) is 1.61. The van der Waals surface area contributed by atoms with E-state index < -0.39 is 6.10 Å². The Bertz CT molecular complexity index is 462. The molecule has 0 radical (unpaired) electrons. The van der Waals surface area contributed by atoms with E-state index in [-0.39, 0.29) is 0 Å². The highest BCUT2D eigenvalue weighted by molar-refractivity contribution is 9.10. The van der Waals surface area contributed by atoms with E-state index in [1.165, 1.54) is 0 Å². The first kappa shape index (κ1) is 10.7. The zero-order valence-electron chi connectivity index (χ0n) is 8.53. The zero-order chi connectivity index (χ0) is 10.8. The predicted octanol–water partition coefficient (Wildman–Crippen LogP) is 4.03. The van der Waals surface area contributed by atoms with Crippen molar-refractivity contribution < 1.29 is 9.52 Å². The van der Waals surface area contributed by atoms with Crippen molar-refractivity contribution in [3.63, 3.8) is 0 Å². The molecule has 0 fully saturated rings. The van der Waals surface area contributed by atoms with Crippen LogP contribution in [0, 0.1) is 0 Å². The van der Waals surface area contributed by atoms with Crippen LogP contribution in [0.2, 0.25) is 0 Å². The highest BCUT2D eigenvalue weighted by Crippen LogP contribution is 2.28. The van der Waals surface area contributed by atoms with Gasteiger partial charge in [-0.15, -0.1) is 0 Å². The number of aliphatic hydroxyl groups is 1. The molecule has 15 heavy (non-hydrogen) atoms. The summed E-state index contributed by atoms with van der Waals surface area (Å²) < 4.78 is 6.59. The van der Waals surface area contributed by atoms with Gasteiger partial charge < -0.3 is 9.52 Å². The smallest absolute Gasteiger partial charge is 0.134 e. The van der Waals surface area contributed by atoms with Gasteiger partial charge in [-0.05, 0) is 30.7 Å². The lowest BCUT2D eigenvalue weighted by molar-refractivity contribution is 0.141. The van der Waals surface area contributed by atoms with E-state index in [4.69, 9.17) is 4.42 Å². The van der Waals surface area contributed by atoms with Crippen LogP contribution in [-0.2, 0) is 0 Å². The van der Waals surface area contributed by atoms with E-state index in [0.29, 0.717) is 5.76 Å². The minimum atomic E-state index is -0.485. The highest BCUT2D eigenvalue weighted by atomic mass is 79.9. The molecule has 2 nitrogen and oxygen atoms in total. The van der Waals surface area contributed by atoms with Crippen LogP contribution in [0.1, 0.15) is 31.6 Å². The van der Waals surface area contributed by atoms with Crippen LogP contribution >= 0.6 is 15.9 Å². The van der Waals surface area contributed by atoms with Crippen LogP contribution in [0.4, 0.5) is 0 Å². The second-order valence-corrected chi connectivity index (χ2v) is 4.55. The predicted molar refractivity (Wildman–Crippen MR) is 63.8 cm³/mol. The van der Waals surface area contributed by atoms with Crippen molar-refractivity contribution in [3.8, 4) is 0 Å². The quantitative estimate of drug-likeness (QED) is 0.912. The third kappa shape index (κ3) is 2.24. The Hall–Kier alpha value is -0.800. The van der Waals surface area contributed by atoms with Crippen molar-refractivity contribution >= 4 is 26.9 Å². The Morgan fingerprint density at radius 1 is 1.40 bits per heavy atom. The third-order valence-electron chi connectivity index (χ3n) is 2.39. The molecule has 2 aromatic rings. The lowest BCUT2D eigenvalue weighted by atomic mass is 10.1. The summed E-state index contributed by atoms with van der Waals surface area (Å²) in [4.78, 5) is 0. The normalized spacial score (nSPS) is 13.3. The maximum Gasteiger partial charge on any atom is 0.134 e. The zero-order valence-corrected chi connectivity index (χ0v) is 10.1. The summed E-state index contributed by atoms with van der Waals surface area (Å²) in [7, 11) is 0. The number of hydrogen-bond donors (Lipinski definition) is 1. The monoisotopic (exact) mass is 268 g/mol. The number of rotatable bonds is 3. The van der Waals surface area contributed by atoms with Gasteiger partial charge in [0.05, 0.1) is 0 Å². The minimum absolute atomic E-state index is 0.485. The van der Waals surface area contributed by atoms with Gasteiger partial charge in [0, 0.05) is 9.86 Å². The van der Waals surface area contributed by atoms with Gasteiger partial charge in [-0.1, -0.05) is 29.3 Å². The molecule has 3 heteroatoms. The molecule has 80 valence electrons. The maximum absolute atomic E-state index is 9.79. The van der Waals surface area contributed by atoms with E-state index in [9.17, 15) is 5.11 Å². The molecule has 0 bridgehead atoms. The Kier molecular flexibility index (Phi) is 3.12. The standard InChI is InChI=1S/C12H13BrO2/c1-2-3-10(14)12-7-8-6-9(13)4-5-11(8)15-12/h4-7,10,14H,2-3H2,1H3. The number of benzene rings is 1. The molecule has 0 saturated carbocycles. The molecule has 1 N–H and O–H groups in total. The van der Waals surface area contributed by atoms with Gasteiger partial charge in [-0.3, -0.25) is 0 Å². The molecule has 0 saturated heterocycles. The van der Waals surface area contributed by atoms with Gasteiger partial charge in [0.15, 0.2) is 0 Å². The van der Waals surface area contributed by atoms with E-state index >= 15 is 0 Å². The largest absolute Gasteiger partial charge is 0.458 e. The molecule has 1 aromatic carbocycles. The Balaban J connectivity index is 2.38. The number of aliphatic hydroxyl groups excluding tert-OH is 1. The summed E-state index contributed by atoms with van der Waals surface area (Å²) in [6.45, 7) is 2.04. The van der Waals surface area contributed by atoms with Crippen LogP contribution in [0.25, 0.3) is 11.0 Å². The SMILES string of the molecule is CCCC(O)c1cc2cc(Br)ccc2o1. The minimum Gasteiger partial charge on any atom is -0.458 e. The summed E-state index contributed by atoms with van der Waals surface area (Å²) in [5.74, 6) is 0.657. The fraction of sp³-hybridized carbons (Fsp3) is 0.333. The fourth-order valence-corrected chi connectivity index (χ4v) is 1.99. The van der Waals surface area contributed by atoms with Gasteiger partial charge >= 0.3 is 0 Å². The van der Waals surface area contributed by atoms with Gasteiger partial charge in [0.2, 0.25) is 0 Å². The molecular weight excluding hydrogens is 256 g/mol. The maximum atomic E-state index is 9.79. The molecule has 0 aliphatic rings. The summed E-state index contributed by atoms with van der Waals surface area (Å²) >= 11 is 3.41. The Morgan fingerprint density at radius 3 is 2.93 bits per heavy atom. The molecule has 1 heterocycles. The van der Waals surface area contributed by atoms with Crippen molar-refractivity contribution in [2.24, 2.45) is 0 Å². The van der Waals surface area contributed by atoms with Crippen molar-refractivity contribution in [2.75, 3.05) is 0 Å². The average Bonchev–Trinajstić information content (AvgIpc) is 2.60. The second kappa shape index (κ2) is 4.37. The Labute approximate surface area is 97.0 Å². The summed E-state index contributed by atoms with van der Waals surface area (Å²) in [5.41, 5.74) is 0.823. The average molecular weight is 269 g/mol. The van der Waals surface area contributed by atoms with Crippen molar-refractivity contribution in [1.82, 2.24) is 0 Å². The van der Waals surface area contributed by atoms with Crippen LogP contribution in [0.3, 0.4) is 0 Å². The lowest BCUT2D eigenvalue weighted by Gasteiger charge is -2.03. The van der Waals surface area contributed by atoms with E-state index in [1.807, 2.05) is 31.2 Å². The van der Waals surface area contributed by atoms with Gasteiger partial charge in [-0.25, -0.2) is 0 Å². The molecule has 1 atom stereocenters. The molecular formula is C12H13BrO2. The molecule has 0 aliphatic carbocycles. The second-order valence-electron chi connectivity index (χ2n) is 3.64. The van der Waals surface area contributed by atoms with Crippen LogP contribution < -0.4 is 0 Å². The molecule has 0 amide bonds. The van der Waals surface area contributed by atoms with Crippen LogP contribution in [0.5, 0.6) is 0 Å². The first-order valence-corrected chi connectivity index (χ1v) is 5.87. The summed E-state index contributed by atoms with van der Waals surface area (Å²) in [6.07, 6.45) is 1.20. The number of hydrogen-bond acceptors (Lipinski definition) is 2. The Morgan fingerprint density at radius 2 is 2.20 bits per heavy atom. The van der Waals surface area contributed by atoms with Gasteiger partial charge in [0.25, 0.3) is 0 Å². The summed E-state index contributed by atoms with van der Waals surface area (Å²) in [6, 6.07) is 7.73. The van der Waals surface area contributed by atoms with Crippen LogP contribution in [-0.4, -0.2) is 5.11 Å². The van der Waals surface area contributed by atoms with E-state index in [1.54, 1.807) is 0 Å². The molecule has 0 aliphatic heterocycles. The molecule has 0 spiro atoms. The van der Waals surface area contributed by atoms with Crippen LogP contribution in [0.15, 0.2) is 33.2 Å². The van der Waals surface area contributed by atoms with Crippen molar-refractivity contribution in [2.45, 2.75) is 25.9 Å². The number of halogens is 1. The van der Waals surface area contributed by atoms with Crippen molar-refractivity contribution in [1.29, 1.82) is 0 Å². The molecule has 1 aromatic heterocycles.